The number of carbonyl (C=O) groups excluding carboxylic acids is 1. The van der Waals surface area contributed by atoms with Crippen LogP contribution >= 0.6 is 23.1 Å². The Morgan fingerprint density at radius 1 is 1.33 bits per heavy atom. The number of hydrogen-bond acceptors (Lipinski definition) is 7. The molecule has 1 amide bonds. The summed E-state index contributed by atoms with van der Waals surface area (Å²) in [5.74, 6) is -0.00289. The van der Waals surface area contributed by atoms with Crippen molar-refractivity contribution in [1.29, 1.82) is 0 Å². The lowest BCUT2D eigenvalue weighted by Gasteiger charge is -2.14. The lowest BCUT2D eigenvalue weighted by atomic mass is 10.2. The van der Waals surface area contributed by atoms with Gasteiger partial charge in [-0.05, 0) is 13.2 Å². The minimum absolute atomic E-state index is 0.214. The summed E-state index contributed by atoms with van der Waals surface area (Å²) in [5, 5.41) is 13.6. The largest absolute Gasteiger partial charge is 0.368 e. The third-order valence-corrected chi connectivity index (χ3v) is 4.85. The Morgan fingerprint density at radius 3 is 2.79 bits per heavy atom. The van der Waals surface area contributed by atoms with Crippen LogP contribution in [0.5, 0.6) is 0 Å². The molecule has 0 radical (unpaired) electrons. The molecule has 0 aliphatic carbocycles. The minimum Gasteiger partial charge on any atom is -0.368 e. The van der Waals surface area contributed by atoms with Crippen LogP contribution in [0.3, 0.4) is 0 Å². The average Bonchev–Trinajstić information content (AvgIpc) is 3.21. The van der Waals surface area contributed by atoms with Gasteiger partial charge in [-0.1, -0.05) is 42.1 Å². The number of carbonyl (C=O) groups is 1. The summed E-state index contributed by atoms with van der Waals surface area (Å²) in [7, 11) is 0. The maximum Gasteiger partial charge on any atom is 0.249 e. The van der Waals surface area contributed by atoms with Crippen molar-refractivity contribution in [2.45, 2.75) is 18.1 Å². The van der Waals surface area contributed by atoms with Crippen LogP contribution in [0.2, 0.25) is 0 Å². The van der Waals surface area contributed by atoms with Gasteiger partial charge in [0.15, 0.2) is 10.3 Å². The Morgan fingerprint density at radius 2 is 2.08 bits per heavy atom. The number of rotatable bonds is 5. The number of nitrogens with one attached hydrogen (secondary N) is 1. The number of benzene rings is 1. The van der Waals surface area contributed by atoms with Gasteiger partial charge in [-0.2, -0.15) is 0 Å². The number of nitrogen functional groups attached to an aromatic ring is 1. The van der Waals surface area contributed by atoms with Gasteiger partial charge >= 0.3 is 0 Å². The van der Waals surface area contributed by atoms with Gasteiger partial charge < -0.3 is 11.1 Å². The molecule has 3 N–H and O–H groups in total. The monoisotopic (exact) mass is 360 g/mol. The van der Waals surface area contributed by atoms with Crippen LogP contribution in [0, 0.1) is 0 Å². The predicted octanol–water partition coefficient (Wildman–Crippen LogP) is 2.91. The number of thioether (sulfide) groups is 1. The highest BCUT2D eigenvalue weighted by atomic mass is 32.2. The highest BCUT2D eigenvalue weighted by Crippen LogP contribution is 2.26. The van der Waals surface area contributed by atoms with E-state index in [1.165, 1.54) is 23.1 Å². The van der Waals surface area contributed by atoms with E-state index < -0.39 is 6.04 Å². The molecule has 0 bridgehead atoms. The van der Waals surface area contributed by atoms with Crippen molar-refractivity contribution in [2.24, 2.45) is 0 Å². The second-order valence-corrected chi connectivity index (χ2v) is 6.62. The topological polar surface area (TPSA) is 98.7 Å². The van der Waals surface area contributed by atoms with E-state index in [2.05, 4.69) is 20.5 Å². The van der Waals surface area contributed by atoms with Crippen molar-refractivity contribution in [3.63, 3.8) is 0 Å². The molecule has 0 spiro atoms. The first-order valence-electron chi connectivity index (χ1n) is 7.16. The predicted molar refractivity (Wildman–Crippen MR) is 97.1 cm³/mol. The van der Waals surface area contributed by atoms with E-state index in [-0.39, 0.29) is 11.9 Å². The van der Waals surface area contributed by atoms with E-state index in [9.17, 15) is 4.79 Å². The van der Waals surface area contributed by atoms with Crippen LogP contribution in [-0.2, 0) is 4.79 Å². The maximum absolute atomic E-state index is 12.5. The Balaban J connectivity index is 1.75. The van der Waals surface area contributed by atoms with Crippen molar-refractivity contribution < 1.29 is 4.79 Å². The fourth-order valence-electron chi connectivity index (χ4n) is 2.19. The minimum atomic E-state index is -0.536. The summed E-state index contributed by atoms with van der Waals surface area (Å²) >= 11 is 2.77. The van der Waals surface area contributed by atoms with E-state index in [0.717, 1.165) is 11.3 Å². The van der Waals surface area contributed by atoms with Crippen LogP contribution < -0.4 is 11.1 Å². The first-order chi connectivity index (χ1) is 11.6. The van der Waals surface area contributed by atoms with Crippen LogP contribution in [0.25, 0.3) is 11.3 Å². The van der Waals surface area contributed by atoms with Gasteiger partial charge in [-0.3, -0.25) is 9.36 Å². The van der Waals surface area contributed by atoms with E-state index in [4.69, 9.17) is 5.73 Å². The number of nitrogens with two attached hydrogens (primary N) is 1. The zero-order chi connectivity index (χ0) is 17.1. The summed E-state index contributed by atoms with van der Waals surface area (Å²) in [4.78, 5) is 17.0. The zero-order valence-electron chi connectivity index (χ0n) is 13.1. The summed E-state index contributed by atoms with van der Waals surface area (Å²) < 4.78 is 1.60. The molecule has 0 aliphatic rings. The van der Waals surface area contributed by atoms with Gasteiger partial charge in [0.2, 0.25) is 11.9 Å². The molecule has 9 heteroatoms. The highest BCUT2D eigenvalue weighted by Gasteiger charge is 2.22. The van der Waals surface area contributed by atoms with Gasteiger partial charge in [0, 0.05) is 10.9 Å². The molecule has 7 nitrogen and oxygen atoms in total. The molecule has 2 aromatic heterocycles. The van der Waals surface area contributed by atoms with Crippen LogP contribution in [-0.4, -0.2) is 31.9 Å². The third-order valence-electron chi connectivity index (χ3n) is 3.44. The second kappa shape index (κ2) is 7.02. The maximum atomic E-state index is 12.5. The SMILES string of the molecule is CSc1nnc(N)n1C(C)C(=O)Nc1nc(-c2ccccc2)cs1. The lowest BCUT2D eigenvalue weighted by molar-refractivity contribution is -0.118. The van der Waals surface area contributed by atoms with Gasteiger partial charge in [-0.15, -0.1) is 21.5 Å². The molecule has 24 heavy (non-hydrogen) atoms. The number of aromatic nitrogens is 4. The molecule has 1 aromatic carbocycles. The zero-order valence-corrected chi connectivity index (χ0v) is 14.8. The van der Waals surface area contributed by atoms with E-state index >= 15 is 0 Å². The molecule has 3 aromatic rings. The fraction of sp³-hybridized carbons (Fsp3) is 0.200. The summed E-state index contributed by atoms with van der Waals surface area (Å²) in [6, 6.07) is 9.28. The van der Waals surface area contributed by atoms with Gasteiger partial charge in [-0.25, -0.2) is 4.98 Å². The molecule has 2 heterocycles. The molecule has 0 saturated carbocycles. The van der Waals surface area contributed by atoms with Crippen molar-refractivity contribution in [3.05, 3.63) is 35.7 Å². The smallest absolute Gasteiger partial charge is 0.249 e. The van der Waals surface area contributed by atoms with Crippen molar-refractivity contribution in [2.75, 3.05) is 17.3 Å². The number of anilines is 2. The molecule has 3 rings (SSSR count). The van der Waals surface area contributed by atoms with E-state index in [0.29, 0.717) is 10.3 Å². The molecule has 0 aliphatic heterocycles. The van der Waals surface area contributed by atoms with Crippen LogP contribution in [0.1, 0.15) is 13.0 Å². The summed E-state index contributed by atoms with van der Waals surface area (Å²) in [6.45, 7) is 1.75. The Labute approximate surface area is 147 Å². The Hall–Kier alpha value is -2.39. The first kappa shape index (κ1) is 16.5. The average molecular weight is 360 g/mol. The molecule has 0 fully saturated rings. The fourth-order valence-corrected chi connectivity index (χ4v) is 3.48. The van der Waals surface area contributed by atoms with E-state index in [1.807, 2.05) is 42.0 Å². The first-order valence-corrected chi connectivity index (χ1v) is 9.26. The quantitative estimate of drug-likeness (QED) is 0.679. The number of nitrogens with zero attached hydrogens (tertiary/aromatic N) is 4. The normalized spacial score (nSPS) is 12.1. The molecule has 0 saturated heterocycles. The van der Waals surface area contributed by atoms with Gasteiger partial charge in [0.05, 0.1) is 5.69 Å². The van der Waals surface area contributed by atoms with Gasteiger partial charge in [0.1, 0.15) is 6.04 Å². The second-order valence-electron chi connectivity index (χ2n) is 4.98. The molecule has 1 unspecified atom stereocenters. The van der Waals surface area contributed by atoms with Crippen LogP contribution in [0.4, 0.5) is 11.1 Å². The van der Waals surface area contributed by atoms with Crippen LogP contribution in [0.15, 0.2) is 40.9 Å². The molecule has 124 valence electrons. The van der Waals surface area contributed by atoms with Crippen molar-refractivity contribution >= 4 is 40.1 Å². The van der Waals surface area contributed by atoms with Gasteiger partial charge in [0.25, 0.3) is 0 Å². The van der Waals surface area contributed by atoms with Crippen molar-refractivity contribution in [1.82, 2.24) is 19.7 Å². The summed E-state index contributed by atoms with van der Waals surface area (Å²) in [6.07, 6.45) is 1.86. The standard InChI is InChI=1S/C15H16N6OS2/c1-9(21-13(16)19-20-15(21)23-2)12(22)18-14-17-11(8-24-14)10-6-4-3-5-7-10/h3-9H,1-2H3,(H2,16,19)(H,17,18,22). The number of thiazole rings is 1. The molecular weight excluding hydrogens is 344 g/mol. The highest BCUT2D eigenvalue weighted by molar-refractivity contribution is 7.98. The Kier molecular flexibility index (Phi) is 4.81. The summed E-state index contributed by atoms with van der Waals surface area (Å²) in [5.41, 5.74) is 7.65. The number of amides is 1. The van der Waals surface area contributed by atoms with E-state index in [1.54, 1.807) is 11.5 Å². The van der Waals surface area contributed by atoms with Crippen molar-refractivity contribution in [3.8, 4) is 11.3 Å². The Bertz CT molecular complexity index is 845. The lowest BCUT2D eigenvalue weighted by Crippen LogP contribution is -2.25. The third kappa shape index (κ3) is 3.26. The molecule has 1 atom stereocenters. The molecular formula is C15H16N6OS2. The number of hydrogen-bond donors (Lipinski definition) is 2.